The van der Waals surface area contributed by atoms with Crippen LogP contribution in [0.15, 0.2) is 30.7 Å². The number of carbonyl (C=O) groups is 1. The molecule has 1 amide bonds. The van der Waals surface area contributed by atoms with Crippen LogP contribution >= 0.6 is 0 Å². The van der Waals surface area contributed by atoms with E-state index in [0.29, 0.717) is 35.4 Å². The highest BCUT2D eigenvalue weighted by Crippen LogP contribution is 2.23. The van der Waals surface area contributed by atoms with Crippen LogP contribution in [-0.4, -0.2) is 51.1 Å². The molecule has 0 unspecified atom stereocenters. The molecule has 0 radical (unpaired) electrons. The lowest BCUT2D eigenvalue weighted by atomic mass is 10.2. The van der Waals surface area contributed by atoms with Crippen LogP contribution in [0.25, 0.3) is 10.9 Å². The largest absolute Gasteiger partial charge is 0.468 e. The van der Waals surface area contributed by atoms with E-state index in [9.17, 15) is 18.0 Å². The molecule has 1 aliphatic rings. The number of carbonyl (C=O) groups excluding carboxylic acids is 1. The van der Waals surface area contributed by atoms with Gasteiger partial charge in [-0.2, -0.15) is 18.3 Å². The third-order valence-corrected chi connectivity index (χ3v) is 4.98. The third-order valence-electron chi connectivity index (χ3n) is 4.98. The predicted molar refractivity (Wildman–Crippen MR) is 109 cm³/mol. The van der Waals surface area contributed by atoms with Crippen molar-refractivity contribution in [1.82, 2.24) is 19.7 Å². The molecule has 4 rings (SSSR count). The second-order valence-electron chi connectivity index (χ2n) is 7.68. The Bertz CT molecular complexity index is 1110. The molecule has 0 aromatic carbocycles. The number of aromatic nitrogens is 4. The molecule has 0 bridgehead atoms. The number of fused-ring (bicyclic) bond motifs is 1. The number of halogens is 3. The molecule has 8 nitrogen and oxygen atoms in total. The lowest BCUT2D eigenvalue weighted by Gasteiger charge is -2.11. The van der Waals surface area contributed by atoms with Crippen molar-refractivity contribution in [3.05, 3.63) is 41.9 Å². The van der Waals surface area contributed by atoms with Crippen molar-refractivity contribution in [3.8, 4) is 5.88 Å². The van der Waals surface area contributed by atoms with E-state index >= 15 is 0 Å². The number of alkyl halides is 3. The summed E-state index contributed by atoms with van der Waals surface area (Å²) in [5.74, 6) is 0.193. The number of hydrogen-bond acceptors (Lipinski definition) is 6. The smallest absolute Gasteiger partial charge is 0.422 e. The second-order valence-corrected chi connectivity index (χ2v) is 7.68. The monoisotopic (exact) mass is 449 g/mol. The van der Waals surface area contributed by atoms with Crippen molar-refractivity contribution < 1.29 is 27.4 Å². The molecule has 1 saturated heterocycles. The highest BCUT2D eigenvalue weighted by Gasteiger charge is 2.29. The minimum Gasteiger partial charge on any atom is -0.468 e. The topological polar surface area (TPSA) is 91.2 Å². The van der Waals surface area contributed by atoms with Gasteiger partial charge in [-0.25, -0.2) is 9.97 Å². The van der Waals surface area contributed by atoms with Gasteiger partial charge in [0, 0.05) is 30.8 Å². The van der Waals surface area contributed by atoms with E-state index in [1.807, 2.05) is 0 Å². The van der Waals surface area contributed by atoms with Crippen molar-refractivity contribution >= 4 is 22.6 Å². The number of nitrogens with one attached hydrogen (secondary N) is 1. The molecule has 11 heteroatoms. The molecule has 0 spiro atoms. The number of aryl methyl sites for hydroxylation is 1. The van der Waals surface area contributed by atoms with Gasteiger partial charge in [0.25, 0.3) is 0 Å². The molecule has 0 saturated carbocycles. The average Bonchev–Trinajstić information content (AvgIpc) is 3.36. The van der Waals surface area contributed by atoms with Crippen molar-refractivity contribution in [2.75, 3.05) is 18.5 Å². The summed E-state index contributed by atoms with van der Waals surface area (Å²) in [6.45, 7) is 1.26. The van der Waals surface area contributed by atoms with Crippen molar-refractivity contribution in [2.45, 2.75) is 45.0 Å². The number of rotatable bonds is 7. The number of ether oxygens (including phenoxy) is 2. The van der Waals surface area contributed by atoms with E-state index < -0.39 is 12.8 Å². The maximum absolute atomic E-state index is 12.4. The molecular weight excluding hydrogens is 427 g/mol. The van der Waals surface area contributed by atoms with Gasteiger partial charge in [-0.3, -0.25) is 9.48 Å². The summed E-state index contributed by atoms with van der Waals surface area (Å²) in [6.07, 6.45) is 2.41. The molecule has 170 valence electrons. The van der Waals surface area contributed by atoms with Gasteiger partial charge in [0.2, 0.25) is 11.8 Å². The number of hydrogen-bond donors (Lipinski definition) is 1. The molecule has 1 N–H and O–H groups in total. The number of amides is 1. The van der Waals surface area contributed by atoms with Crippen LogP contribution < -0.4 is 10.1 Å². The Morgan fingerprint density at radius 2 is 2.22 bits per heavy atom. The van der Waals surface area contributed by atoms with E-state index in [1.54, 1.807) is 36.1 Å². The Labute approximate surface area is 181 Å². The van der Waals surface area contributed by atoms with E-state index in [4.69, 9.17) is 9.47 Å². The molecule has 32 heavy (non-hydrogen) atoms. The summed E-state index contributed by atoms with van der Waals surface area (Å²) in [7, 11) is 0. The summed E-state index contributed by atoms with van der Waals surface area (Å²) in [5.41, 5.74) is 1.89. The van der Waals surface area contributed by atoms with Gasteiger partial charge in [-0.1, -0.05) is 0 Å². The van der Waals surface area contributed by atoms with Gasteiger partial charge in [-0.15, -0.1) is 0 Å². The molecular formula is C21H22F3N5O3. The van der Waals surface area contributed by atoms with E-state index in [0.717, 1.165) is 18.4 Å². The van der Waals surface area contributed by atoms with Gasteiger partial charge in [-0.05, 0) is 37.5 Å². The van der Waals surface area contributed by atoms with Crippen LogP contribution in [0.5, 0.6) is 5.88 Å². The van der Waals surface area contributed by atoms with E-state index in [1.165, 1.54) is 6.20 Å². The van der Waals surface area contributed by atoms with Crippen LogP contribution in [0.4, 0.5) is 19.0 Å². The quantitative estimate of drug-likeness (QED) is 0.592. The number of pyridine rings is 2. The predicted octanol–water partition coefficient (Wildman–Crippen LogP) is 3.63. The molecule has 0 aliphatic carbocycles. The zero-order chi connectivity index (χ0) is 22.7. The van der Waals surface area contributed by atoms with Crippen molar-refractivity contribution in [2.24, 2.45) is 0 Å². The van der Waals surface area contributed by atoms with Crippen LogP contribution in [0, 0.1) is 6.92 Å². The fraction of sp³-hybridized carbons (Fsp3) is 0.429. The Morgan fingerprint density at radius 1 is 1.38 bits per heavy atom. The minimum absolute atomic E-state index is 0.0582. The van der Waals surface area contributed by atoms with Crippen LogP contribution in [0.1, 0.15) is 30.4 Å². The maximum atomic E-state index is 12.4. The first kappa shape index (κ1) is 22.0. The van der Waals surface area contributed by atoms with Gasteiger partial charge < -0.3 is 14.8 Å². The Hall–Kier alpha value is -3.21. The highest BCUT2D eigenvalue weighted by molar-refractivity contribution is 5.99. The fourth-order valence-corrected chi connectivity index (χ4v) is 3.56. The SMILES string of the molecule is Cc1cc(Cn2cc3c(NC(=O)C[C@H]4CCCO4)nccc3n2)cnc1OCC(F)(F)F. The van der Waals surface area contributed by atoms with Crippen LogP contribution in [0.3, 0.4) is 0 Å². The first-order chi connectivity index (χ1) is 15.3. The van der Waals surface area contributed by atoms with Crippen LogP contribution in [0.2, 0.25) is 0 Å². The van der Waals surface area contributed by atoms with Crippen LogP contribution in [-0.2, 0) is 16.1 Å². The fourth-order valence-electron chi connectivity index (χ4n) is 3.56. The van der Waals surface area contributed by atoms with Crippen molar-refractivity contribution in [3.63, 3.8) is 0 Å². The Morgan fingerprint density at radius 3 is 2.94 bits per heavy atom. The number of nitrogens with zero attached hydrogens (tertiary/aromatic N) is 4. The normalized spacial score (nSPS) is 16.4. The first-order valence-corrected chi connectivity index (χ1v) is 10.2. The molecule has 3 aromatic rings. The molecule has 1 aliphatic heterocycles. The molecule has 1 fully saturated rings. The van der Waals surface area contributed by atoms with E-state index in [2.05, 4.69) is 20.4 Å². The molecule has 3 aromatic heterocycles. The van der Waals surface area contributed by atoms with Gasteiger partial charge in [0.05, 0.1) is 30.0 Å². The second kappa shape index (κ2) is 9.11. The Balaban J connectivity index is 1.45. The summed E-state index contributed by atoms with van der Waals surface area (Å²) in [5, 5.41) is 8.00. The highest BCUT2D eigenvalue weighted by atomic mass is 19.4. The average molecular weight is 449 g/mol. The summed E-state index contributed by atoms with van der Waals surface area (Å²) in [4.78, 5) is 20.6. The summed E-state index contributed by atoms with van der Waals surface area (Å²) < 4.78 is 49.0. The lowest BCUT2D eigenvalue weighted by molar-refractivity contribution is -0.154. The summed E-state index contributed by atoms with van der Waals surface area (Å²) >= 11 is 0. The molecule has 4 heterocycles. The van der Waals surface area contributed by atoms with Gasteiger partial charge in [0.15, 0.2) is 6.61 Å². The van der Waals surface area contributed by atoms with E-state index in [-0.39, 0.29) is 24.3 Å². The van der Waals surface area contributed by atoms with Gasteiger partial charge in [0.1, 0.15) is 5.82 Å². The third kappa shape index (κ3) is 5.52. The maximum Gasteiger partial charge on any atom is 0.422 e. The number of anilines is 1. The Kier molecular flexibility index (Phi) is 6.26. The lowest BCUT2D eigenvalue weighted by Crippen LogP contribution is -2.20. The zero-order valence-corrected chi connectivity index (χ0v) is 17.4. The molecule has 1 atom stereocenters. The van der Waals surface area contributed by atoms with Crippen molar-refractivity contribution in [1.29, 1.82) is 0 Å². The standard InChI is InChI=1S/C21H22F3N5O3/c1-13-7-14(9-26-20(13)32-12-21(22,23)24)10-29-11-16-17(28-29)4-5-25-19(16)27-18(30)8-15-3-2-6-31-15/h4-5,7,9,11,15H,2-3,6,8,10,12H2,1H3,(H,25,27,30)/t15-/m1/s1. The minimum atomic E-state index is -4.42. The first-order valence-electron chi connectivity index (χ1n) is 10.2. The van der Waals surface area contributed by atoms with Gasteiger partial charge >= 0.3 is 6.18 Å². The zero-order valence-electron chi connectivity index (χ0n) is 17.4. The summed E-state index contributed by atoms with van der Waals surface area (Å²) in [6, 6.07) is 3.44.